The van der Waals surface area contributed by atoms with Crippen molar-refractivity contribution in [3.05, 3.63) is 24.3 Å². The van der Waals surface area contributed by atoms with Crippen LogP contribution in [-0.2, 0) is 0 Å². The second-order valence-electron chi connectivity index (χ2n) is 4.97. The van der Waals surface area contributed by atoms with Gasteiger partial charge in [0.1, 0.15) is 11.5 Å². The lowest BCUT2D eigenvalue weighted by atomic mass is 9.84. The first-order chi connectivity index (χ1) is 8.63. The molecule has 18 heavy (non-hydrogen) atoms. The van der Waals surface area contributed by atoms with Gasteiger partial charge in [-0.2, -0.15) is 0 Å². The van der Waals surface area contributed by atoms with Gasteiger partial charge in [0.15, 0.2) is 0 Å². The molecule has 0 aliphatic heterocycles. The summed E-state index contributed by atoms with van der Waals surface area (Å²) in [6.07, 6.45) is 2.20. The highest BCUT2D eigenvalue weighted by molar-refractivity contribution is 5.31. The maximum Gasteiger partial charge on any atom is 0.119 e. The molecule has 0 heterocycles. The summed E-state index contributed by atoms with van der Waals surface area (Å²) in [5, 5.41) is 3.25. The van der Waals surface area contributed by atoms with Crippen LogP contribution in [0.4, 0.5) is 0 Å². The fraction of sp³-hybridized carbons (Fsp3) is 0.600. The molecule has 0 bridgehead atoms. The van der Waals surface area contributed by atoms with Gasteiger partial charge in [0.2, 0.25) is 0 Å². The third kappa shape index (κ3) is 4.57. The standard InChI is InChI=1S/C15H25NO2/c1-5-15(2,12-16-3)10-11-18-14-8-6-13(17-4)7-9-14/h6-9,16H,5,10-12H2,1-4H3. The van der Waals surface area contributed by atoms with Crippen molar-refractivity contribution in [3.63, 3.8) is 0 Å². The molecule has 3 nitrogen and oxygen atoms in total. The third-order valence-electron chi connectivity index (χ3n) is 3.49. The molecular formula is C15H25NO2. The summed E-state index contributed by atoms with van der Waals surface area (Å²) in [6.45, 7) is 6.29. The van der Waals surface area contributed by atoms with Crippen molar-refractivity contribution in [1.29, 1.82) is 0 Å². The Morgan fingerprint density at radius 3 is 2.28 bits per heavy atom. The lowest BCUT2D eigenvalue weighted by Crippen LogP contribution is -2.30. The Hall–Kier alpha value is -1.22. The van der Waals surface area contributed by atoms with E-state index in [4.69, 9.17) is 9.47 Å². The van der Waals surface area contributed by atoms with E-state index in [0.29, 0.717) is 5.41 Å². The molecule has 1 rings (SSSR count). The Bertz CT molecular complexity index is 337. The quantitative estimate of drug-likeness (QED) is 0.770. The highest BCUT2D eigenvalue weighted by Crippen LogP contribution is 2.25. The molecule has 1 aromatic rings. The Kier molecular flexibility index (Phi) is 5.99. The average Bonchev–Trinajstić information content (AvgIpc) is 2.40. The van der Waals surface area contributed by atoms with Gasteiger partial charge in [-0.1, -0.05) is 13.8 Å². The molecule has 0 amide bonds. The van der Waals surface area contributed by atoms with Gasteiger partial charge in [-0.15, -0.1) is 0 Å². The van der Waals surface area contributed by atoms with Gasteiger partial charge in [-0.25, -0.2) is 0 Å². The monoisotopic (exact) mass is 251 g/mol. The van der Waals surface area contributed by atoms with Crippen molar-refractivity contribution in [2.45, 2.75) is 26.7 Å². The van der Waals surface area contributed by atoms with E-state index < -0.39 is 0 Å². The molecule has 0 aromatic heterocycles. The molecule has 1 aromatic carbocycles. The maximum atomic E-state index is 5.77. The van der Waals surface area contributed by atoms with E-state index in [9.17, 15) is 0 Å². The van der Waals surface area contributed by atoms with Crippen molar-refractivity contribution < 1.29 is 9.47 Å². The number of ether oxygens (including phenoxy) is 2. The molecular weight excluding hydrogens is 226 g/mol. The normalized spacial score (nSPS) is 14.0. The van der Waals surface area contributed by atoms with Gasteiger partial charge in [-0.05, 0) is 49.6 Å². The zero-order chi connectivity index (χ0) is 13.4. The van der Waals surface area contributed by atoms with Gasteiger partial charge in [0.25, 0.3) is 0 Å². The van der Waals surface area contributed by atoms with E-state index in [1.165, 1.54) is 0 Å². The van der Waals surface area contributed by atoms with Crippen molar-refractivity contribution in [2.75, 3.05) is 27.3 Å². The van der Waals surface area contributed by atoms with Crippen LogP contribution >= 0.6 is 0 Å². The van der Waals surface area contributed by atoms with Crippen LogP contribution in [0.3, 0.4) is 0 Å². The summed E-state index contributed by atoms with van der Waals surface area (Å²) >= 11 is 0. The molecule has 3 heteroatoms. The van der Waals surface area contributed by atoms with Crippen molar-refractivity contribution in [2.24, 2.45) is 5.41 Å². The Labute approximate surface area is 110 Å². The summed E-state index contributed by atoms with van der Waals surface area (Å²) in [6, 6.07) is 7.73. The number of hydrogen-bond donors (Lipinski definition) is 1. The highest BCUT2D eigenvalue weighted by Gasteiger charge is 2.20. The number of rotatable bonds is 8. The lowest BCUT2D eigenvalue weighted by molar-refractivity contribution is 0.203. The van der Waals surface area contributed by atoms with Crippen molar-refractivity contribution in [3.8, 4) is 11.5 Å². The van der Waals surface area contributed by atoms with Crippen LogP contribution in [0.25, 0.3) is 0 Å². The third-order valence-corrected chi connectivity index (χ3v) is 3.49. The molecule has 0 aliphatic rings. The minimum atomic E-state index is 0.307. The first-order valence-electron chi connectivity index (χ1n) is 6.55. The fourth-order valence-corrected chi connectivity index (χ4v) is 1.90. The number of nitrogens with one attached hydrogen (secondary N) is 1. The van der Waals surface area contributed by atoms with Crippen LogP contribution in [0.15, 0.2) is 24.3 Å². The van der Waals surface area contributed by atoms with E-state index >= 15 is 0 Å². The van der Waals surface area contributed by atoms with E-state index in [1.54, 1.807) is 7.11 Å². The topological polar surface area (TPSA) is 30.5 Å². The first-order valence-corrected chi connectivity index (χ1v) is 6.55. The summed E-state index contributed by atoms with van der Waals surface area (Å²) < 4.78 is 10.9. The molecule has 1 atom stereocenters. The molecule has 102 valence electrons. The fourth-order valence-electron chi connectivity index (χ4n) is 1.90. The second kappa shape index (κ2) is 7.27. The molecule has 1 unspecified atom stereocenters. The highest BCUT2D eigenvalue weighted by atomic mass is 16.5. The molecule has 0 spiro atoms. The van der Waals surface area contributed by atoms with Gasteiger partial charge >= 0.3 is 0 Å². The second-order valence-corrected chi connectivity index (χ2v) is 4.97. The number of hydrogen-bond acceptors (Lipinski definition) is 3. The van der Waals surface area contributed by atoms with Crippen molar-refractivity contribution >= 4 is 0 Å². The lowest BCUT2D eigenvalue weighted by Gasteiger charge is -2.27. The predicted octanol–water partition coefficient (Wildman–Crippen LogP) is 3.10. The van der Waals surface area contributed by atoms with Crippen LogP contribution in [0, 0.1) is 5.41 Å². The van der Waals surface area contributed by atoms with Crippen LogP contribution < -0.4 is 14.8 Å². The number of benzene rings is 1. The molecule has 0 fully saturated rings. The molecule has 0 saturated heterocycles. The van der Waals surface area contributed by atoms with E-state index in [2.05, 4.69) is 19.2 Å². The molecule has 0 aliphatic carbocycles. The van der Waals surface area contributed by atoms with Gasteiger partial charge in [-0.3, -0.25) is 0 Å². The summed E-state index contributed by atoms with van der Waals surface area (Å²) in [5.41, 5.74) is 0.307. The van der Waals surface area contributed by atoms with E-state index in [1.807, 2.05) is 31.3 Å². The molecule has 0 saturated carbocycles. The van der Waals surface area contributed by atoms with Gasteiger partial charge < -0.3 is 14.8 Å². The maximum absolute atomic E-state index is 5.77. The van der Waals surface area contributed by atoms with E-state index in [-0.39, 0.29) is 0 Å². The smallest absolute Gasteiger partial charge is 0.119 e. The molecule has 1 N–H and O–H groups in total. The predicted molar refractivity (Wildman–Crippen MR) is 75.4 cm³/mol. The SMILES string of the molecule is CCC(C)(CCOc1ccc(OC)cc1)CNC. The summed E-state index contributed by atoms with van der Waals surface area (Å²) in [4.78, 5) is 0. The molecule has 0 radical (unpaired) electrons. The zero-order valence-electron chi connectivity index (χ0n) is 12.0. The van der Waals surface area contributed by atoms with Gasteiger partial charge in [0, 0.05) is 6.54 Å². The Morgan fingerprint density at radius 2 is 1.78 bits per heavy atom. The van der Waals surface area contributed by atoms with E-state index in [0.717, 1.165) is 37.5 Å². The zero-order valence-corrected chi connectivity index (χ0v) is 12.0. The van der Waals surface area contributed by atoms with Crippen LogP contribution in [0.5, 0.6) is 11.5 Å². The minimum absolute atomic E-state index is 0.307. The summed E-state index contributed by atoms with van der Waals surface area (Å²) in [7, 11) is 3.67. The Morgan fingerprint density at radius 1 is 1.17 bits per heavy atom. The summed E-state index contributed by atoms with van der Waals surface area (Å²) in [5.74, 6) is 1.76. The Balaban J connectivity index is 2.40. The first kappa shape index (κ1) is 14.8. The average molecular weight is 251 g/mol. The minimum Gasteiger partial charge on any atom is -0.497 e. The largest absolute Gasteiger partial charge is 0.497 e. The van der Waals surface area contributed by atoms with Gasteiger partial charge in [0.05, 0.1) is 13.7 Å². The van der Waals surface area contributed by atoms with Crippen LogP contribution in [0.2, 0.25) is 0 Å². The van der Waals surface area contributed by atoms with Crippen LogP contribution in [0.1, 0.15) is 26.7 Å². The number of methoxy groups -OCH3 is 1. The van der Waals surface area contributed by atoms with Crippen molar-refractivity contribution in [1.82, 2.24) is 5.32 Å². The van der Waals surface area contributed by atoms with Crippen LogP contribution in [-0.4, -0.2) is 27.3 Å².